The van der Waals surface area contributed by atoms with Crippen molar-refractivity contribution in [3.63, 3.8) is 0 Å². The molecule has 0 spiro atoms. The lowest BCUT2D eigenvalue weighted by atomic mass is 9.89. The van der Waals surface area contributed by atoms with Crippen molar-refractivity contribution in [2.45, 2.75) is 39.0 Å². The van der Waals surface area contributed by atoms with Crippen molar-refractivity contribution in [3.8, 4) is 0 Å². The van der Waals surface area contributed by atoms with Crippen LogP contribution >= 0.6 is 0 Å². The van der Waals surface area contributed by atoms with Gasteiger partial charge in [-0.3, -0.25) is 0 Å². The Hall–Kier alpha value is -1.11. The molecule has 76 valence electrons. The summed E-state index contributed by atoms with van der Waals surface area (Å²) in [4.78, 5) is 10.3. The third kappa shape index (κ3) is 2.69. The number of carbonyl (C=O) groups excluding carboxylic acids is 1. The van der Waals surface area contributed by atoms with E-state index >= 15 is 0 Å². The maximum atomic E-state index is 10.3. The zero-order valence-electron chi connectivity index (χ0n) is 8.99. The van der Waals surface area contributed by atoms with E-state index in [4.69, 9.17) is 0 Å². The van der Waals surface area contributed by atoms with Crippen molar-refractivity contribution >= 4 is 6.29 Å². The molecule has 0 saturated heterocycles. The lowest BCUT2D eigenvalue weighted by Crippen LogP contribution is -2.00. The van der Waals surface area contributed by atoms with Gasteiger partial charge < -0.3 is 4.79 Å². The Balaban J connectivity index is 2.78. The molecule has 1 nitrogen and oxygen atoms in total. The second-order valence-electron chi connectivity index (χ2n) is 3.71. The molecule has 0 N–H and O–H groups in total. The van der Waals surface area contributed by atoms with Gasteiger partial charge in [0.05, 0.1) is 0 Å². The SMILES string of the molecule is CC[C@H](CCC=O)c1ccccc1C. The summed E-state index contributed by atoms with van der Waals surface area (Å²) in [5.41, 5.74) is 2.74. The van der Waals surface area contributed by atoms with Gasteiger partial charge in [0.1, 0.15) is 6.29 Å². The molecule has 0 aliphatic carbocycles. The van der Waals surface area contributed by atoms with Crippen LogP contribution in [0.15, 0.2) is 24.3 Å². The van der Waals surface area contributed by atoms with Gasteiger partial charge in [-0.1, -0.05) is 31.2 Å². The number of benzene rings is 1. The predicted octanol–water partition coefficient (Wildman–Crippen LogP) is 3.47. The van der Waals surface area contributed by atoms with Gasteiger partial charge in [0.15, 0.2) is 0 Å². The summed E-state index contributed by atoms with van der Waals surface area (Å²) < 4.78 is 0. The zero-order chi connectivity index (χ0) is 10.4. The molecule has 1 atom stereocenters. The van der Waals surface area contributed by atoms with E-state index in [0.29, 0.717) is 12.3 Å². The van der Waals surface area contributed by atoms with E-state index in [1.165, 1.54) is 11.1 Å². The highest BCUT2D eigenvalue weighted by Crippen LogP contribution is 2.26. The average Bonchev–Trinajstić information content (AvgIpc) is 2.21. The van der Waals surface area contributed by atoms with Gasteiger partial charge in [0.2, 0.25) is 0 Å². The third-order valence-electron chi connectivity index (χ3n) is 2.75. The zero-order valence-corrected chi connectivity index (χ0v) is 8.99. The van der Waals surface area contributed by atoms with Crippen LogP contribution in [0.3, 0.4) is 0 Å². The van der Waals surface area contributed by atoms with Crippen molar-refractivity contribution in [1.82, 2.24) is 0 Å². The van der Waals surface area contributed by atoms with E-state index < -0.39 is 0 Å². The fraction of sp³-hybridized carbons (Fsp3) is 0.462. The second-order valence-corrected chi connectivity index (χ2v) is 3.71. The Morgan fingerprint density at radius 1 is 1.36 bits per heavy atom. The van der Waals surface area contributed by atoms with Gasteiger partial charge in [-0.25, -0.2) is 0 Å². The molecule has 0 aliphatic heterocycles. The number of aldehydes is 1. The van der Waals surface area contributed by atoms with Crippen molar-refractivity contribution < 1.29 is 4.79 Å². The molecular formula is C13H18O. The molecule has 0 aliphatic rings. The Labute approximate surface area is 86.1 Å². The first-order chi connectivity index (χ1) is 6.79. The van der Waals surface area contributed by atoms with Gasteiger partial charge in [-0.2, -0.15) is 0 Å². The van der Waals surface area contributed by atoms with Crippen molar-refractivity contribution in [2.24, 2.45) is 0 Å². The summed E-state index contributed by atoms with van der Waals surface area (Å²) >= 11 is 0. The lowest BCUT2D eigenvalue weighted by molar-refractivity contribution is -0.108. The molecule has 0 saturated carbocycles. The lowest BCUT2D eigenvalue weighted by Gasteiger charge is -2.16. The maximum Gasteiger partial charge on any atom is 0.120 e. The minimum atomic E-state index is 0.543. The molecule has 1 heteroatoms. The van der Waals surface area contributed by atoms with Gasteiger partial charge >= 0.3 is 0 Å². The van der Waals surface area contributed by atoms with Crippen LogP contribution in [0.25, 0.3) is 0 Å². The van der Waals surface area contributed by atoms with Gasteiger partial charge in [0.25, 0.3) is 0 Å². The van der Waals surface area contributed by atoms with E-state index in [0.717, 1.165) is 19.1 Å². The predicted molar refractivity (Wildman–Crippen MR) is 59.5 cm³/mol. The van der Waals surface area contributed by atoms with Crippen LogP contribution in [0.5, 0.6) is 0 Å². The van der Waals surface area contributed by atoms with Crippen LogP contribution < -0.4 is 0 Å². The van der Waals surface area contributed by atoms with E-state index in [1.54, 1.807) is 0 Å². The molecule has 0 aromatic heterocycles. The Morgan fingerprint density at radius 2 is 2.07 bits per heavy atom. The number of rotatable bonds is 5. The highest BCUT2D eigenvalue weighted by molar-refractivity contribution is 5.49. The average molecular weight is 190 g/mol. The van der Waals surface area contributed by atoms with E-state index in [-0.39, 0.29) is 0 Å². The molecule has 0 amide bonds. The molecule has 1 aromatic rings. The number of aryl methyl sites for hydroxylation is 1. The van der Waals surface area contributed by atoms with Crippen LogP contribution in [0.2, 0.25) is 0 Å². The van der Waals surface area contributed by atoms with Crippen LogP contribution in [0, 0.1) is 6.92 Å². The molecule has 0 radical (unpaired) electrons. The van der Waals surface area contributed by atoms with E-state index in [1.807, 2.05) is 0 Å². The minimum absolute atomic E-state index is 0.543. The fourth-order valence-corrected chi connectivity index (χ4v) is 1.89. The Bertz CT molecular complexity index is 291. The molecule has 1 rings (SSSR count). The molecule has 0 unspecified atom stereocenters. The smallest absolute Gasteiger partial charge is 0.120 e. The summed E-state index contributed by atoms with van der Waals surface area (Å²) in [6.45, 7) is 4.32. The van der Waals surface area contributed by atoms with Gasteiger partial charge in [0, 0.05) is 6.42 Å². The van der Waals surface area contributed by atoms with E-state index in [2.05, 4.69) is 38.1 Å². The first-order valence-electron chi connectivity index (χ1n) is 5.28. The summed E-state index contributed by atoms with van der Waals surface area (Å²) in [5, 5.41) is 0. The molecule has 0 bridgehead atoms. The van der Waals surface area contributed by atoms with Crippen LogP contribution in [0.4, 0.5) is 0 Å². The van der Waals surface area contributed by atoms with Crippen molar-refractivity contribution in [1.29, 1.82) is 0 Å². The highest BCUT2D eigenvalue weighted by Gasteiger charge is 2.10. The second kappa shape index (κ2) is 5.58. The Kier molecular flexibility index (Phi) is 4.37. The van der Waals surface area contributed by atoms with Gasteiger partial charge in [-0.05, 0) is 36.8 Å². The third-order valence-corrected chi connectivity index (χ3v) is 2.75. The number of hydrogen-bond acceptors (Lipinski definition) is 1. The molecule has 14 heavy (non-hydrogen) atoms. The highest BCUT2D eigenvalue weighted by atomic mass is 16.1. The largest absolute Gasteiger partial charge is 0.303 e. The first kappa shape index (κ1) is 11.0. The monoisotopic (exact) mass is 190 g/mol. The standard InChI is InChI=1S/C13H18O/c1-3-12(8-6-10-14)13-9-5-4-7-11(13)2/h4-5,7,9-10,12H,3,6,8H2,1-2H3/t12-/m1/s1. The normalized spacial score (nSPS) is 12.4. The summed E-state index contributed by atoms with van der Waals surface area (Å²) in [7, 11) is 0. The number of carbonyl (C=O) groups is 1. The van der Waals surface area contributed by atoms with Crippen LogP contribution in [-0.2, 0) is 4.79 Å². The van der Waals surface area contributed by atoms with Gasteiger partial charge in [-0.15, -0.1) is 0 Å². The summed E-state index contributed by atoms with van der Waals surface area (Å²) in [6, 6.07) is 8.45. The van der Waals surface area contributed by atoms with E-state index in [9.17, 15) is 4.79 Å². The quantitative estimate of drug-likeness (QED) is 0.650. The molecular weight excluding hydrogens is 172 g/mol. The maximum absolute atomic E-state index is 10.3. The first-order valence-corrected chi connectivity index (χ1v) is 5.28. The number of hydrogen-bond donors (Lipinski definition) is 0. The van der Waals surface area contributed by atoms with Crippen molar-refractivity contribution in [2.75, 3.05) is 0 Å². The molecule has 1 aromatic carbocycles. The van der Waals surface area contributed by atoms with Crippen LogP contribution in [-0.4, -0.2) is 6.29 Å². The topological polar surface area (TPSA) is 17.1 Å². The van der Waals surface area contributed by atoms with Crippen molar-refractivity contribution in [3.05, 3.63) is 35.4 Å². The summed E-state index contributed by atoms with van der Waals surface area (Å²) in [5.74, 6) is 0.543. The van der Waals surface area contributed by atoms with Crippen LogP contribution in [0.1, 0.15) is 43.2 Å². The fourth-order valence-electron chi connectivity index (χ4n) is 1.89. The summed E-state index contributed by atoms with van der Waals surface area (Å²) in [6.07, 6.45) is 3.78. The Morgan fingerprint density at radius 3 is 2.64 bits per heavy atom. The minimum Gasteiger partial charge on any atom is -0.303 e. The molecule has 0 heterocycles. The molecule has 0 fully saturated rings.